The van der Waals surface area contributed by atoms with Crippen LogP contribution in [0.25, 0.3) is 11.0 Å². The Morgan fingerprint density at radius 1 is 1.05 bits per heavy atom. The fourth-order valence-corrected chi connectivity index (χ4v) is 6.35. The smallest absolute Gasteiger partial charge is 0.253 e. The number of amides is 1. The molecule has 1 atom stereocenters. The Morgan fingerprint density at radius 2 is 1.82 bits per heavy atom. The van der Waals surface area contributed by atoms with Gasteiger partial charge in [-0.3, -0.25) is 4.79 Å². The predicted octanol–water partition coefficient (Wildman–Crippen LogP) is 6.94. The summed E-state index contributed by atoms with van der Waals surface area (Å²) in [6.45, 7) is 4.13. The highest BCUT2D eigenvalue weighted by atomic mass is 35.5. The molecule has 5 aromatic rings. The third-order valence-electron chi connectivity index (χ3n) is 8.51. The van der Waals surface area contributed by atoms with Gasteiger partial charge in [-0.25, -0.2) is 9.97 Å². The molecule has 228 valence electrons. The summed E-state index contributed by atoms with van der Waals surface area (Å²) in [5.41, 5.74) is 3.85. The molecule has 1 saturated heterocycles. The van der Waals surface area contributed by atoms with Gasteiger partial charge in [0, 0.05) is 56.6 Å². The van der Waals surface area contributed by atoms with Gasteiger partial charge in [-0.15, -0.1) is 0 Å². The molecule has 2 N–H and O–H groups in total. The number of para-hydroxylation sites is 2. The molecule has 10 heteroatoms. The molecule has 0 saturated carbocycles. The van der Waals surface area contributed by atoms with Gasteiger partial charge in [0.1, 0.15) is 5.82 Å². The topological polar surface area (TPSA) is 82.1 Å². The van der Waals surface area contributed by atoms with Crippen LogP contribution < -0.4 is 5.32 Å². The summed E-state index contributed by atoms with van der Waals surface area (Å²) in [7, 11) is 1.87. The van der Waals surface area contributed by atoms with Crippen LogP contribution in [0.15, 0.2) is 85.2 Å². The van der Waals surface area contributed by atoms with Crippen molar-refractivity contribution in [2.24, 2.45) is 0 Å². The number of benzene rings is 3. The lowest BCUT2D eigenvalue weighted by Crippen LogP contribution is -2.40. The number of anilines is 1. The number of rotatable bonds is 11. The van der Waals surface area contributed by atoms with Crippen molar-refractivity contribution < 1.29 is 4.79 Å². The zero-order valence-corrected chi connectivity index (χ0v) is 26.3. The van der Waals surface area contributed by atoms with Crippen LogP contribution in [-0.2, 0) is 6.54 Å². The molecule has 1 aliphatic rings. The first-order valence-electron chi connectivity index (χ1n) is 15.1. The Kier molecular flexibility index (Phi) is 9.50. The minimum Gasteiger partial charge on any atom is -0.353 e. The number of nitrogens with one attached hydrogen (secondary N) is 2. The van der Waals surface area contributed by atoms with E-state index in [2.05, 4.69) is 36.9 Å². The second-order valence-corrected chi connectivity index (χ2v) is 12.3. The van der Waals surface area contributed by atoms with Crippen LogP contribution >= 0.6 is 23.2 Å². The maximum Gasteiger partial charge on any atom is 0.253 e. The second kappa shape index (κ2) is 13.8. The third-order valence-corrected chi connectivity index (χ3v) is 9.25. The van der Waals surface area contributed by atoms with Crippen LogP contribution in [0.3, 0.4) is 0 Å². The van der Waals surface area contributed by atoms with E-state index in [1.807, 2.05) is 78.8 Å². The first kappa shape index (κ1) is 30.2. The van der Waals surface area contributed by atoms with Crippen LogP contribution in [0.1, 0.15) is 46.9 Å². The number of H-pyrrole nitrogens is 1. The number of aromatic amines is 1. The zero-order chi connectivity index (χ0) is 30.5. The quantitative estimate of drug-likeness (QED) is 0.165. The minimum absolute atomic E-state index is 0.0145. The van der Waals surface area contributed by atoms with Gasteiger partial charge in [-0.05, 0) is 67.8 Å². The number of carbonyl (C=O) groups excluding carboxylic acids is 1. The van der Waals surface area contributed by atoms with Gasteiger partial charge in [-0.1, -0.05) is 59.6 Å². The van der Waals surface area contributed by atoms with Gasteiger partial charge < -0.3 is 24.7 Å². The van der Waals surface area contributed by atoms with E-state index >= 15 is 0 Å². The summed E-state index contributed by atoms with van der Waals surface area (Å²) in [5, 5.41) is 4.82. The molecule has 3 aromatic carbocycles. The maximum atomic E-state index is 13.1. The number of fused-ring (bicyclic) bond motifs is 1. The van der Waals surface area contributed by atoms with E-state index in [0.29, 0.717) is 34.7 Å². The molecule has 0 radical (unpaired) electrons. The number of likely N-dealkylation sites (N-methyl/N-ethyl adjacent to an activating group) is 1. The standard InChI is InChI=1S/C34H37Cl2N7O/c1-41(33(44)24-7-3-2-4-8-24)22-26(25-11-12-28(35)29(36)21-25)13-18-42-19-14-27(15-20-42)39-34-40-30-9-5-6-10-31(30)43(34)23-32-37-16-17-38-32/h2-12,16-17,21,26-27H,13-15,18-20,22-23H2,1H3,(H,37,38)(H,39,40). The number of imidazole rings is 2. The highest BCUT2D eigenvalue weighted by Gasteiger charge is 2.24. The molecular weight excluding hydrogens is 593 g/mol. The number of carbonyl (C=O) groups is 1. The van der Waals surface area contributed by atoms with E-state index in [-0.39, 0.29) is 11.8 Å². The Bertz CT molecular complexity index is 1680. The second-order valence-electron chi connectivity index (χ2n) is 11.5. The molecule has 0 bridgehead atoms. The number of hydrogen-bond donors (Lipinski definition) is 2. The summed E-state index contributed by atoms with van der Waals surface area (Å²) in [6.07, 6.45) is 6.58. The summed E-state index contributed by atoms with van der Waals surface area (Å²) in [6, 6.07) is 23.8. The fourth-order valence-electron chi connectivity index (χ4n) is 6.05. The van der Waals surface area contributed by atoms with Crippen molar-refractivity contribution in [3.8, 4) is 0 Å². The van der Waals surface area contributed by atoms with Gasteiger partial charge >= 0.3 is 0 Å². The van der Waals surface area contributed by atoms with E-state index in [0.717, 1.165) is 67.3 Å². The highest BCUT2D eigenvalue weighted by molar-refractivity contribution is 6.42. The Labute approximate surface area is 268 Å². The lowest BCUT2D eigenvalue weighted by Gasteiger charge is -2.34. The molecule has 0 aliphatic carbocycles. The SMILES string of the molecule is CN(CC(CCN1CCC(Nc2nc3ccccc3n2Cc2ncc[nH]2)CC1)c1ccc(Cl)c(Cl)c1)C(=O)c1ccccc1. The van der Waals surface area contributed by atoms with E-state index in [4.69, 9.17) is 28.2 Å². The van der Waals surface area contributed by atoms with Crippen LogP contribution in [0, 0.1) is 0 Å². The third kappa shape index (κ3) is 7.09. The van der Waals surface area contributed by atoms with Crippen molar-refractivity contribution >= 4 is 46.1 Å². The average Bonchev–Trinajstić information content (AvgIpc) is 3.69. The lowest BCUT2D eigenvalue weighted by atomic mass is 9.94. The zero-order valence-electron chi connectivity index (χ0n) is 24.8. The molecule has 3 heterocycles. The predicted molar refractivity (Wildman–Crippen MR) is 178 cm³/mol. The van der Waals surface area contributed by atoms with Gasteiger partial charge in [0.15, 0.2) is 0 Å². The Hall–Kier alpha value is -3.85. The molecule has 44 heavy (non-hydrogen) atoms. The number of nitrogens with zero attached hydrogens (tertiary/aromatic N) is 5. The Balaban J connectivity index is 1.09. The van der Waals surface area contributed by atoms with E-state index < -0.39 is 0 Å². The van der Waals surface area contributed by atoms with Gasteiger partial charge in [0.25, 0.3) is 5.91 Å². The lowest BCUT2D eigenvalue weighted by molar-refractivity contribution is 0.0782. The molecule has 1 amide bonds. The van der Waals surface area contributed by atoms with Crippen LogP contribution in [0.4, 0.5) is 5.95 Å². The minimum atomic E-state index is 0.0145. The van der Waals surface area contributed by atoms with Gasteiger partial charge in [0.05, 0.1) is 27.6 Å². The largest absolute Gasteiger partial charge is 0.353 e. The normalized spacial score (nSPS) is 15.0. The van der Waals surface area contributed by atoms with Crippen molar-refractivity contribution in [2.45, 2.75) is 37.8 Å². The van der Waals surface area contributed by atoms with Crippen molar-refractivity contribution in [2.75, 3.05) is 38.5 Å². The van der Waals surface area contributed by atoms with Crippen molar-refractivity contribution in [1.29, 1.82) is 0 Å². The number of aromatic nitrogens is 4. The molecule has 1 aliphatic heterocycles. The monoisotopic (exact) mass is 629 g/mol. The Morgan fingerprint density at radius 3 is 2.57 bits per heavy atom. The molecule has 0 spiro atoms. The summed E-state index contributed by atoms with van der Waals surface area (Å²) >= 11 is 12.7. The summed E-state index contributed by atoms with van der Waals surface area (Å²) in [5.74, 6) is 1.92. The number of likely N-dealkylation sites (tertiary alicyclic amines) is 1. The first-order chi connectivity index (χ1) is 21.4. The van der Waals surface area contributed by atoms with Crippen LogP contribution in [0.5, 0.6) is 0 Å². The molecular formula is C34H37Cl2N7O. The molecule has 1 fully saturated rings. The van der Waals surface area contributed by atoms with E-state index in [1.54, 1.807) is 6.20 Å². The van der Waals surface area contributed by atoms with Crippen molar-refractivity contribution in [3.05, 3.63) is 112 Å². The number of hydrogen-bond acceptors (Lipinski definition) is 5. The summed E-state index contributed by atoms with van der Waals surface area (Å²) in [4.78, 5) is 30.0. The first-order valence-corrected chi connectivity index (χ1v) is 15.9. The molecule has 2 aromatic heterocycles. The van der Waals surface area contributed by atoms with Gasteiger partial charge in [0.2, 0.25) is 5.95 Å². The van der Waals surface area contributed by atoms with Crippen molar-refractivity contribution in [3.63, 3.8) is 0 Å². The van der Waals surface area contributed by atoms with E-state index in [9.17, 15) is 4.79 Å². The van der Waals surface area contributed by atoms with E-state index in [1.165, 1.54) is 0 Å². The molecule has 8 nitrogen and oxygen atoms in total. The molecule has 1 unspecified atom stereocenters. The summed E-state index contributed by atoms with van der Waals surface area (Å²) < 4.78 is 2.20. The average molecular weight is 631 g/mol. The molecule has 6 rings (SSSR count). The number of piperidine rings is 1. The van der Waals surface area contributed by atoms with Crippen LogP contribution in [-0.4, -0.2) is 74.5 Å². The fraction of sp³-hybridized carbons (Fsp3) is 0.324. The van der Waals surface area contributed by atoms with Gasteiger partial charge in [-0.2, -0.15) is 0 Å². The number of halogens is 2. The highest BCUT2D eigenvalue weighted by Crippen LogP contribution is 2.30. The van der Waals surface area contributed by atoms with Crippen molar-refractivity contribution in [1.82, 2.24) is 29.3 Å². The van der Waals surface area contributed by atoms with Crippen LogP contribution in [0.2, 0.25) is 10.0 Å². The maximum absolute atomic E-state index is 13.1.